The van der Waals surface area contributed by atoms with Crippen molar-refractivity contribution in [3.63, 3.8) is 0 Å². The number of aryl methyl sites for hydroxylation is 2. The second-order valence-electron chi connectivity index (χ2n) is 5.85. The summed E-state index contributed by atoms with van der Waals surface area (Å²) < 4.78 is 1.83. The van der Waals surface area contributed by atoms with Gasteiger partial charge in [0.05, 0.1) is 6.20 Å². The quantitative estimate of drug-likeness (QED) is 0.287. The van der Waals surface area contributed by atoms with E-state index >= 15 is 0 Å². The molecule has 2 rings (SSSR count). The average molecular weight is 476 g/mol. The Kier molecular flexibility index (Phi) is 9.89. The Balaban J connectivity index is 0.00000312. The lowest BCUT2D eigenvalue weighted by Crippen LogP contribution is -2.38. The third kappa shape index (κ3) is 7.64. The van der Waals surface area contributed by atoms with Gasteiger partial charge in [0.2, 0.25) is 0 Å². The molecule has 25 heavy (non-hydrogen) atoms. The topological polar surface area (TPSA) is 45.5 Å². The van der Waals surface area contributed by atoms with Crippen LogP contribution < -0.4 is 5.32 Å². The molecule has 0 radical (unpaired) electrons. The Bertz CT molecular complexity index is 671. The molecule has 2 aromatic rings. The lowest BCUT2D eigenvalue weighted by molar-refractivity contribution is 0.476. The number of hydrogen-bond donors (Lipinski definition) is 1. The summed E-state index contributed by atoms with van der Waals surface area (Å²) in [4.78, 5) is 6.85. The van der Waals surface area contributed by atoms with Crippen molar-refractivity contribution in [1.82, 2.24) is 20.0 Å². The van der Waals surface area contributed by atoms with Crippen molar-refractivity contribution in [2.45, 2.75) is 26.3 Å². The summed E-state index contributed by atoms with van der Waals surface area (Å²) in [7, 11) is 3.99. The standard InChI is InChI=1S/C18H26ClN5.HI/c1-4-20-18(21-10-6-8-16-12-22-24(3)14-16)23(2)13-15-7-5-9-17(19)11-15;/h5,7,9,11-12,14H,4,6,8,10,13H2,1-3H3,(H,20,21);1H. The molecule has 0 saturated carbocycles. The van der Waals surface area contributed by atoms with Crippen molar-refractivity contribution < 1.29 is 0 Å². The van der Waals surface area contributed by atoms with Crippen molar-refractivity contribution in [2.24, 2.45) is 12.0 Å². The van der Waals surface area contributed by atoms with Crippen LogP contribution in [0.3, 0.4) is 0 Å². The van der Waals surface area contributed by atoms with Crippen molar-refractivity contribution in [3.8, 4) is 0 Å². The van der Waals surface area contributed by atoms with Crippen molar-refractivity contribution in [1.29, 1.82) is 0 Å². The predicted molar refractivity (Wildman–Crippen MR) is 116 cm³/mol. The molecule has 0 spiro atoms. The van der Waals surface area contributed by atoms with Gasteiger partial charge in [0.1, 0.15) is 0 Å². The van der Waals surface area contributed by atoms with E-state index in [-0.39, 0.29) is 24.0 Å². The second kappa shape index (κ2) is 11.4. The fourth-order valence-electron chi connectivity index (χ4n) is 2.52. The molecule has 0 saturated heterocycles. The van der Waals surface area contributed by atoms with E-state index in [2.05, 4.69) is 34.5 Å². The zero-order chi connectivity index (χ0) is 17.4. The number of aromatic nitrogens is 2. The highest BCUT2D eigenvalue weighted by Crippen LogP contribution is 2.12. The van der Waals surface area contributed by atoms with Crippen molar-refractivity contribution in [3.05, 3.63) is 52.8 Å². The molecule has 0 fully saturated rings. The van der Waals surface area contributed by atoms with Gasteiger partial charge in [0, 0.05) is 44.9 Å². The van der Waals surface area contributed by atoms with Crippen LogP contribution in [-0.4, -0.2) is 40.8 Å². The highest BCUT2D eigenvalue weighted by molar-refractivity contribution is 14.0. The molecule has 5 nitrogen and oxygen atoms in total. The number of halogens is 2. The molecule has 0 aliphatic rings. The van der Waals surface area contributed by atoms with Crippen LogP contribution in [0.15, 0.2) is 41.7 Å². The summed E-state index contributed by atoms with van der Waals surface area (Å²) in [5.74, 6) is 0.920. The SMILES string of the molecule is CCNC(=NCCCc1cnn(C)c1)N(C)Cc1cccc(Cl)c1.I. The fraction of sp³-hybridized carbons (Fsp3) is 0.444. The largest absolute Gasteiger partial charge is 0.357 e. The van der Waals surface area contributed by atoms with Crippen LogP contribution in [0.25, 0.3) is 0 Å². The molecule has 0 unspecified atom stereocenters. The number of benzene rings is 1. The van der Waals surface area contributed by atoms with Crippen LogP contribution in [0, 0.1) is 0 Å². The van der Waals surface area contributed by atoms with E-state index < -0.39 is 0 Å². The fourth-order valence-corrected chi connectivity index (χ4v) is 2.74. The van der Waals surface area contributed by atoms with Gasteiger partial charge < -0.3 is 10.2 Å². The molecule has 0 aliphatic carbocycles. The summed E-state index contributed by atoms with van der Waals surface area (Å²) in [5, 5.41) is 8.30. The monoisotopic (exact) mass is 475 g/mol. The minimum Gasteiger partial charge on any atom is -0.357 e. The minimum absolute atomic E-state index is 0. The molecule has 1 aromatic heterocycles. The number of aliphatic imine (C=N–C) groups is 1. The van der Waals surface area contributed by atoms with Gasteiger partial charge >= 0.3 is 0 Å². The van der Waals surface area contributed by atoms with Crippen molar-refractivity contribution in [2.75, 3.05) is 20.1 Å². The normalized spacial score (nSPS) is 11.1. The summed E-state index contributed by atoms with van der Waals surface area (Å²) in [6.45, 7) is 4.49. The molecular formula is C18H27ClIN5. The van der Waals surface area contributed by atoms with Gasteiger partial charge in [-0.3, -0.25) is 9.67 Å². The number of nitrogens with zero attached hydrogens (tertiary/aromatic N) is 4. The molecule has 138 valence electrons. The van der Waals surface area contributed by atoms with Crippen LogP contribution in [0.1, 0.15) is 24.5 Å². The smallest absolute Gasteiger partial charge is 0.193 e. The van der Waals surface area contributed by atoms with Gasteiger partial charge in [-0.05, 0) is 43.0 Å². The lowest BCUT2D eigenvalue weighted by atomic mass is 10.2. The Morgan fingerprint density at radius 2 is 2.16 bits per heavy atom. The molecule has 0 amide bonds. The number of nitrogens with one attached hydrogen (secondary N) is 1. The van der Waals surface area contributed by atoms with E-state index in [1.54, 1.807) is 0 Å². The van der Waals surface area contributed by atoms with Crippen LogP contribution >= 0.6 is 35.6 Å². The Hall–Kier alpha value is -1.28. The van der Waals surface area contributed by atoms with Gasteiger partial charge in [-0.25, -0.2) is 0 Å². The van der Waals surface area contributed by atoms with Crippen LogP contribution in [0.2, 0.25) is 5.02 Å². The van der Waals surface area contributed by atoms with Crippen LogP contribution in [0.5, 0.6) is 0 Å². The van der Waals surface area contributed by atoms with E-state index in [1.165, 1.54) is 11.1 Å². The number of rotatable bonds is 7. The van der Waals surface area contributed by atoms with E-state index in [4.69, 9.17) is 16.6 Å². The Morgan fingerprint density at radius 1 is 1.36 bits per heavy atom. The van der Waals surface area contributed by atoms with Gasteiger partial charge in [-0.1, -0.05) is 23.7 Å². The maximum Gasteiger partial charge on any atom is 0.193 e. The zero-order valence-corrected chi connectivity index (χ0v) is 18.2. The number of hydrogen-bond acceptors (Lipinski definition) is 2. The zero-order valence-electron chi connectivity index (χ0n) is 15.1. The summed E-state index contributed by atoms with van der Waals surface area (Å²) in [5.41, 5.74) is 2.43. The van der Waals surface area contributed by atoms with Crippen LogP contribution in [-0.2, 0) is 20.0 Å². The van der Waals surface area contributed by atoms with E-state index in [9.17, 15) is 0 Å². The predicted octanol–water partition coefficient (Wildman–Crippen LogP) is 3.72. The first-order valence-electron chi connectivity index (χ1n) is 8.30. The van der Waals surface area contributed by atoms with E-state index in [0.29, 0.717) is 0 Å². The molecule has 0 bridgehead atoms. The van der Waals surface area contributed by atoms with Gasteiger partial charge in [-0.2, -0.15) is 5.10 Å². The molecule has 1 N–H and O–H groups in total. The molecule has 0 atom stereocenters. The molecule has 0 aliphatic heterocycles. The second-order valence-corrected chi connectivity index (χ2v) is 6.28. The maximum absolute atomic E-state index is 6.06. The third-order valence-electron chi connectivity index (χ3n) is 3.65. The Labute approximate surface area is 172 Å². The highest BCUT2D eigenvalue weighted by atomic mass is 127. The van der Waals surface area contributed by atoms with Crippen molar-refractivity contribution >= 4 is 41.5 Å². The van der Waals surface area contributed by atoms with Gasteiger partial charge in [0.15, 0.2) is 5.96 Å². The molecule has 1 aromatic carbocycles. The van der Waals surface area contributed by atoms with E-state index in [1.807, 2.05) is 43.2 Å². The summed E-state index contributed by atoms with van der Waals surface area (Å²) in [6.07, 6.45) is 5.97. The Morgan fingerprint density at radius 3 is 2.80 bits per heavy atom. The molecule has 7 heteroatoms. The summed E-state index contributed by atoms with van der Waals surface area (Å²) >= 11 is 6.06. The first-order valence-corrected chi connectivity index (χ1v) is 8.67. The van der Waals surface area contributed by atoms with Gasteiger partial charge in [-0.15, -0.1) is 24.0 Å². The maximum atomic E-state index is 6.06. The van der Waals surface area contributed by atoms with Crippen LogP contribution in [0.4, 0.5) is 0 Å². The summed E-state index contributed by atoms with van der Waals surface area (Å²) in [6, 6.07) is 7.94. The van der Waals surface area contributed by atoms with Gasteiger partial charge in [0.25, 0.3) is 0 Å². The highest BCUT2D eigenvalue weighted by Gasteiger charge is 2.06. The van der Waals surface area contributed by atoms with E-state index in [0.717, 1.165) is 43.5 Å². The lowest BCUT2D eigenvalue weighted by Gasteiger charge is -2.22. The third-order valence-corrected chi connectivity index (χ3v) is 3.88. The first kappa shape index (κ1) is 21.8. The molecular weight excluding hydrogens is 449 g/mol. The first-order chi connectivity index (χ1) is 11.6. The number of guanidine groups is 1. The average Bonchev–Trinajstić information content (AvgIpc) is 2.95. The molecule has 1 heterocycles. The minimum atomic E-state index is 0.